The first-order chi connectivity index (χ1) is 12.9. The van der Waals surface area contributed by atoms with Crippen molar-refractivity contribution >= 4 is 11.6 Å². The van der Waals surface area contributed by atoms with Crippen molar-refractivity contribution in [3.63, 3.8) is 0 Å². The van der Waals surface area contributed by atoms with Gasteiger partial charge in [-0.05, 0) is 61.4 Å². The Hall–Kier alpha value is -3.21. The first-order valence-corrected chi connectivity index (χ1v) is 8.75. The number of aryl methyl sites for hydroxylation is 1. The lowest BCUT2D eigenvalue weighted by Gasteiger charge is -2.11. The van der Waals surface area contributed by atoms with Gasteiger partial charge in [0.15, 0.2) is 0 Å². The van der Waals surface area contributed by atoms with E-state index in [1.807, 2.05) is 13.0 Å². The van der Waals surface area contributed by atoms with Gasteiger partial charge in [-0.25, -0.2) is 4.39 Å². The number of halogens is 1. The van der Waals surface area contributed by atoms with Crippen LogP contribution in [0.2, 0.25) is 0 Å². The zero-order valence-corrected chi connectivity index (χ0v) is 15.5. The molecule has 138 valence electrons. The maximum atomic E-state index is 13.0. The van der Waals surface area contributed by atoms with Gasteiger partial charge >= 0.3 is 0 Å². The number of carbonyl (C=O) groups is 1. The maximum absolute atomic E-state index is 13.0. The second-order valence-electron chi connectivity index (χ2n) is 6.56. The molecule has 2 aromatic carbocycles. The van der Waals surface area contributed by atoms with Crippen molar-refractivity contribution in [1.29, 1.82) is 0 Å². The summed E-state index contributed by atoms with van der Waals surface area (Å²) in [5, 5.41) is 2.86. The molecule has 0 atom stereocenters. The third kappa shape index (κ3) is 4.70. The van der Waals surface area contributed by atoms with Gasteiger partial charge in [0.05, 0.1) is 11.3 Å². The predicted molar refractivity (Wildman–Crippen MR) is 104 cm³/mol. The van der Waals surface area contributed by atoms with Crippen molar-refractivity contribution in [2.24, 2.45) is 0 Å². The molecule has 0 saturated heterocycles. The summed E-state index contributed by atoms with van der Waals surface area (Å²) in [6.07, 6.45) is 0. The van der Waals surface area contributed by atoms with Crippen molar-refractivity contribution < 1.29 is 13.9 Å². The van der Waals surface area contributed by atoms with Crippen LogP contribution in [0.5, 0.6) is 11.5 Å². The Morgan fingerprint density at radius 1 is 1.04 bits per heavy atom. The zero-order valence-electron chi connectivity index (χ0n) is 15.5. The monoisotopic (exact) mass is 364 g/mol. The largest absolute Gasteiger partial charge is 0.457 e. The van der Waals surface area contributed by atoms with Gasteiger partial charge < -0.3 is 10.1 Å². The summed E-state index contributed by atoms with van der Waals surface area (Å²) in [5.74, 6) is 0.819. The number of hydrogen-bond donors (Lipinski definition) is 1. The zero-order chi connectivity index (χ0) is 19.4. The molecule has 0 saturated carbocycles. The van der Waals surface area contributed by atoms with Gasteiger partial charge in [-0.15, -0.1) is 0 Å². The average Bonchev–Trinajstić information content (AvgIpc) is 2.63. The molecular formula is C22H21FN2O2. The maximum Gasteiger partial charge on any atom is 0.257 e. The Morgan fingerprint density at radius 2 is 1.78 bits per heavy atom. The van der Waals surface area contributed by atoms with E-state index in [9.17, 15) is 9.18 Å². The number of nitrogens with one attached hydrogen (secondary N) is 1. The summed E-state index contributed by atoms with van der Waals surface area (Å²) in [7, 11) is 0. The molecule has 1 heterocycles. The van der Waals surface area contributed by atoms with Crippen molar-refractivity contribution in [2.75, 3.05) is 5.32 Å². The van der Waals surface area contributed by atoms with Crippen LogP contribution in [0.1, 0.15) is 41.5 Å². The van der Waals surface area contributed by atoms with Gasteiger partial charge in [-0.3, -0.25) is 9.78 Å². The number of hydrogen-bond acceptors (Lipinski definition) is 3. The summed E-state index contributed by atoms with van der Waals surface area (Å²) in [6.45, 7) is 5.96. The second-order valence-corrected chi connectivity index (χ2v) is 6.56. The molecule has 0 aliphatic rings. The minimum absolute atomic E-state index is 0.228. The minimum atomic E-state index is -0.323. The molecule has 5 heteroatoms. The summed E-state index contributed by atoms with van der Waals surface area (Å²) >= 11 is 0. The van der Waals surface area contributed by atoms with Crippen LogP contribution in [0.3, 0.4) is 0 Å². The number of anilines is 1. The van der Waals surface area contributed by atoms with E-state index >= 15 is 0 Å². The molecule has 3 rings (SSSR count). The molecule has 0 unspecified atom stereocenters. The van der Waals surface area contributed by atoms with Gasteiger partial charge in [0.2, 0.25) is 0 Å². The number of nitrogens with zero attached hydrogens (tertiary/aromatic N) is 1. The van der Waals surface area contributed by atoms with Crippen LogP contribution < -0.4 is 10.1 Å². The summed E-state index contributed by atoms with van der Waals surface area (Å²) < 4.78 is 18.7. The number of pyridine rings is 1. The topological polar surface area (TPSA) is 51.2 Å². The van der Waals surface area contributed by atoms with Gasteiger partial charge in [-0.1, -0.05) is 19.9 Å². The SMILES string of the molecule is Cc1nc(C(C)C)ccc1C(=O)Nc1cccc(Oc2ccc(F)cc2)c1. The van der Waals surface area contributed by atoms with E-state index in [-0.39, 0.29) is 11.7 Å². The third-order valence-corrected chi connectivity index (χ3v) is 4.08. The third-order valence-electron chi connectivity index (χ3n) is 4.08. The summed E-state index contributed by atoms with van der Waals surface area (Å²) in [5.41, 5.74) is 2.78. The Morgan fingerprint density at radius 3 is 2.44 bits per heavy atom. The second kappa shape index (κ2) is 7.99. The van der Waals surface area contributed by atoms with Crippen LogP contribution in [0.4, 0.5) is 10.1 Å². The molecule has 1 amide bonds. The Bertz CT molecular complexity index is 953. The van der Waals surface area contributed by atoms with Crippen molar-refractivity contribution in [1.82, 2.24) is 4.98 Å². The lowest BCUT2D eigenvalue weighted by molar-refractivity contribution is 0.102. The van der Waals surface area contributed by atoms with Crippen molar-refractivity contribution in [2.45, 2.75) is 26.7 Å². The number of amides is 1. The van der Waals surface area contributed by atoms with Crippen LogP contribution in [-0.2, 0) is 0 Å². The highest BCUT2D eigenvalue weighted by Crippen LogP contribution is 2.25. The van der Waals surface area contributed by atoms with E-state index in [0.717, 1.165) is 5.69 Å². The van der Waals surface area contributed by atoms with E-state index in [4.69, 9.17) is 4.74 Å². The van der Waals surface area contributed by atoms with E-state index in [0.29, 0.717) is 34.4 Å². The molecule has 27 heavy (non-hydrogen) atoms. The molecule has 0 aliphatic heterocycles. The number of carbonyl (C=O) groups excluding carboxylic acids is 1. The van der Waals surface area contributed by atoms with Crippen molar-refractivity contribution in [3.8, 4) is 11.5 Å². The smallest absolute Gasteiger partial charge is 0.257 e. The molecule has 0 bridgehead atoms. The molecule has 0 spiro atoms. The van der Waals surface area contributed by atoms with Crippen LogP contribution >= 0.6 is 0 Å². The van der Waals surface area contributed by atoms with Gasteiger partial charge in [0.25, 0.3) is 5.91 Å². The first kappa shape index (κ1) is 18.6. The fourth-order valence-corrected chi connectivity index (χ4v) is 2.62. The summed E-state index contributed by atoms with van der Waals surface area (Å²) in [6, 6.07) is 16.5. The first-order valence-electron chi connectivity index (χ1n) is 8.75. The van der Waals surface area contributed by atoms with Crippen molar-refractivity contribution in [3.05, 3.63) is 83.4 Å². The Balaban J connectivity index is 1.74. The highest BCUT2D eigenvalue weighted by atomic mass is 19.1. The van der Waals surface area contributed by atoms with E-state index in [2.05, 4.69) is 24.1 Å². The Kier molecular flexibility index (Phi) is 5.50. The average molecular weight is 364 g/mol. The normalized spacial score (nSPS) is 10.7. The molecule has 0 radical (unpaired) electrons. The standard InChI is InChI=1S/C22H21FN2O2/c1-14(2)21-12-11-20(15(3)24-21)22(26)25-17-5-4-6-19(13-17)27-18-9-7-16(23)8-10-18/h4-14H,1-3H3,(H,25,26). The molecule has 0 aliphatic carbocycles. The molecule has 1 aromatic heterocycles. The molecule has 3 aromatic rings. The fourth-order valence-electron chi connectivity index (χ4n) is 2.62. The van der Waals surface area contributed by atoms with Gasteiger partial charge in [-0.2, -0.15) is 0 Å². The highest BCUT2D eigenvalue weighted by Gasteiger charge is 2.12. The lowest BCUT2D eigenvalue weighted by Crippen LogP contribution is -2.14. The lowest BCUT2D eigenvalue weighted by atomic mass is 10.1. The van der Waals surface area contributed by atoms with Gasteiger partial charge in [0, 0.05) is 17.4 Å². The highest BCUT2D eigenvalue weighted by molar-refractivity contribution is 6.05. The predicted octanol–water partition coefficient (Wildman–Crippen LogP) is 5.70. The van der Waals surface area contributed by atoms with Crippen LogP contribution in [0.15, 0.2) is 60.7 Å². The van der Waals surface area contributed by atoms with E-state index < -0.39 is 0 Å². The number of aromatic nitrogens is 1. The quantitative estimate of drug-likeness (QED) is 0.632. The van der Waals surface area contributed by atoms with Crippen LogP contribution in [-0.4, -0.2) is 10.9 Å². The molecule has 1 N–H and O–H groups in total. The molecular weight excluding hydrogens is 343 g/mol. The number of rotatable bonds is 5. The molecule has 4 nitrogen and oxygen atoms in total. The minimum Gasteiger partial charge on any atom is -0.457 e. The van der Waals surface area contributed by atoms with Gasteiger partial charge in [0.1, 0.15) is 17.3 Å². The van der Waals surface area contributed by atoms with E-state index in [1.54, 1.807) is 42.5 Å². The Labute approximate surface area is 158 Å². The number of benzene rings is 2. The summed E-state index contributed by atoms with van der Waals surface area (Å²) in [4.78, 5) is 17.1. The molecule has 0 fully saturated rings. The van der Waals surface area contributed by atoms with Crippen LogP contribution in [0, 0.1) is 12.7 Å². The van der Waals surface area contributed by atoms with E-state index in [1.165, 1.54) is 12.1 Å². The van der Waals surface area contributed by atoms with Crippen LogP contribution in [0.25, 0.3) is 0 Å². The number of ether oxygens (including phenoxy) is 1. The fraction of sp³-hybridized carbons (Fsp3) is 0.182.